The zero-order chi connectivity index (χ0) is 12.3. The highest BCUT2D eigenvalue weighted by Gasteiger charge is 2.05. The third-order valence-electron chi connectivity index (χ3n) is 2.78. The molecule has 0 aromatic heterocycles. The van der Waals surface area contributed by atoms with E-state index < -0.39 is 0 Å². The molecular formula is C15H17NS. The molecule has 0 saturated carbocycles. The second-order valence-electron chi connectivity index (χ2n) is 4.36. The van der Waals surface area contributed by atoms with Gasteiger partial charge in [0.25, 0.3) is 0 Å². The molecule has 88 valence electrons. The van der Waals surface area contributed by atoms with Gasteiger partial charge in [-0.15, -0.1) is 0 Å². The van der Waals surface area contributed by atoms with E-state index in [2.05, 4.69) is 38.1 Å². The van der Waals surface area contributed by atoms with Crippen molar-refractivity contribution in [2.45, 2.75) is 24.9 Å². The lowest BCUT2D eigenvalue weighted by molar-refractivity contribution is 1.11. The quantitative estimate of drug-likeness (QED) is 0.786. The van der Waals surface area contributed by atoms with Crippen LogP contribution in [0.2, 0.25) is 0 Å². The molecule has 1 N–H and O–H groups in total. The number of thioether (sulfide) groups is 1. The van der Waals surface area contributed by atoms with E-state index in [1.54, 1.807) is 0 Å². The van der Waals surface area contributed by atoms with E-state index in [1.165, 1.54) is 22.6 Å². The molecule has 0 radical (unpaired) electrons. The first-order valence-corrected chi connectivity index (χ1v) is 6.90. The van der Waals surface area contributed by atoms with Crippen molar-refractivity contribution in [2.24, 2.45) is 0 Å². The van der Waals surface area contributed by atoms with Crippen LogP contribution < -0.4 is 0 Å². The number of hydrogen-bond acceptors (Lipinski definition) is 2. The first kappa shape index (κ1) is 12.2. The van der Waals surface area contributed by atoms with Crippen LogP contribution in [0.3, 0.4) is 0 Å². The molecule has 2 aromatic carbocycles. The highest BCUT2D eigenvalue weighted by Crippen LogP contribution is 2.26. The van der Waals surface area contributed by atoms with Crippen molar-refractivity contribution >= 4 is 28.7 Å². The van der Waals surface area contributed by atoms with Gasteiger partial charge in [-0.3, -0.25) is 0 Å². The summed E-state index contributed by atoms with van der Waals surface area (Å²) in [5.74, 6) is 1.04. The van der Waals surface area contributed by atoms with Gasteiger partial charge < -0.3 is 5.41 Å². The Kier molecular flexibility index (Phi) is 3.85. The Morgan fingerprint density at radius 3 is 2.47 bits per heavy atom. The topological polar surface area (TPSA) is 23.9 Å². The largest absolute Gasteiger partial charge is 0.308 e. The van der Waals surface area contributed by atoms with E-state index in [4.69, 9.17) is 5.41 Å². The fourth-order valence-electron chi connectivity index (χ4n) is 1.89. The van der Waals surface area contributed by atoms with Gasteiger partial charge in [0, 0.05) is 12.0 Å². The number of rotatable bonds is 4. The number of nitrogens with one attached hydrogen (secondary N) is 1. The molecule has 0 aliphatic heterocycles. The third-order valence-corrected chi connectivity index (χ3v) is 3.92. The smallest absolute Gasteiger partial charge is 0.0256 e. The molecule has 0 aliphatic rings. The maximum absolute atomic E-state index is 7.44. The molecule has 0 unspecified atom stereocenters. The Balaban J connectivity index is 2.47. The van der Waals surface area contributed by atoms with Gasteiger partial charge in [0.15, 0.2) is 0 Å². The van der Waals surface area contributed by atoms with Crippen LogP contribution in [-0.4, -0.2) is 11.5 Å². The van der Waals surface area contributed by atoms with Crippen LogP contribution in [0.4, 0.5) is 0 Å². The van der Waals surface area contributed by atoms with E-state index in [1.807, 2.05) is 23.9 Å². The van der Waals surface area contributed by atoms with Gasteiger partial charge in [0.05, 0.1) is 0 Å². The van der Waals surface area contributed by atoms with Crippen LogP contribution in [0.15, 0.2) is 36.4 Å². The molecule has 0 saturated heterocycles. The lowest BCUT2D eigenvalue weighted by Gasteiger charge is -2.10. The molecule has 0 amide bonds. The Labute approximate surface area is 107 Å². The van der Waals surface area contributed by atoms with Crippen molar-refractivity contribution in [1.29, 1.82) is 5.41 Å². The lowest BCUT2D eigenvalue weighted by atomic mass is 10.0. The number of benzene rings is 2. The van der Waals surface area contributed by atoms with Gasteiger partial charge in [0.2, 0.25) is 0 Å². The average molecular weight is 243 g/mol. The van der Waals surface area contributed by atoms with Crippen LogP contribution in [0.5, 0.6) is 0 Å². The molecule has 2 aromatic rings. The summed E-state index contributed by atoms with van der Waals surface area (Å²) in [6.07, 6.45) is 1.43. The zero-order valence-corrected chi connectivity index (χ0v) is 11.1. The third kappa shape index (κ3) is 2.70. The van der Waals surface area contributed by atoms with E-state index in [-0.39, 0.29) is 0 Å². The number of fused-ring (bicyclic) bond motifs is 1. The Hall–Kier alpha value is -1.28. The fourth-order valence-corrected chi connectivity index (χ4v) is 2.66. The van der Waals surface area contributed by atoms with Crippen molar-refractivity contribution in [3.8, 4) is 0 Å². The molecule has 0 bridgehead atoms. The molecular weight excluding hydrogens is 226 g/mol. The summed E-state index contributed by atoms with van der Waals surface area (Å²) in [6.45, 7) is 4.44. The summed E-state index contributed by atoms with van der Waals surface area (Å²) < 4.78 is 0. The molecule has 0 spiro atoms. The summed E-state index contributed by atoms with van der Waals surface area (Å²) in [4.78, 5) is 0. The van der Waals surface area contributed by atoms with Crippen molar-refractivity contribution in [2.75, 3.05) is 0 Å². The first-order chi connectivity index (χ1) is 8.22. The molecule has 0 aliphatic carbocycles. The van der Waals surface area contributed by atoms with Crippen LogP contribution >= 0.6 is 11.8 Å². The minimum absolute atomic E-state index is 0.649. The Bertz CT molecular complexity index is 531. The maximum atomic E-state index is 7.44. The van der Waals surface area contributed by atoms with Gasteiger partial charge in [-0.1, -0.05) is 50.2 Å². The second kappa shape index (κ2) is 5.37. The van der Waals surface area contributed by atoms with Gasteiger partial charge in [-0.2, -0.15) is 11.8 Å². The fraction of sp³-hybridized carbons (Fsp3) is 0.267. The highest BCUT2D eigenvalue weighted by atomic mass is 32.2. The van der Waals surface area contributed by atoms with Crippen molar-refractivity contribution in [1.82, 2.24) is 0 Å². The molecule has 17 heavy (non-hydrogen) atoms. The van der Waals surface area contributed by atoms with E-state index in [0.717, 1.165) is 11.3 Å². The van der Waals surface area contributed by atoms with Crippen LogP contribution in [0, 0.1) is 5.41 Å². The van der Waals surface area contributed by atoms with Gasteiger partial charge in [-0.05, 0) is 27.1 Å². The van der Waals surface area contributed by atoms with Gasteiger partial charge >= 0.3 is 0 Å². The van der Waals surface area contributed by atoms with Crippen LogP contribution in [0.1, 0.15) is 25.0 Å². The normalized spacial score (nSPS) is 11.0. The summed E-state index contributed by atoms with van der Waals surface area (Å²) in [5, 5.41) is 10.5. The summed E-state index contributed by atoms with van der Waals surface area (Å²) in [5.41, 5.74) is 2.36. The van der Waals surface area contributed by atoms with Crippen molar-refractivity contribution in [3.05, 3.63) is 47.5 Å². The molecule has 2 rings (SSSR count). The Morgan fingerprint density at radius 2 is 1.82 bits per heavy atom. The van der Waals surface area contributed by atoms with Crippen LogP contribution in [0.25, 0.3) is 10.8 Å². The van der Waals surface area contributed by atoms with Crippen molar-refractivity contribution < 1.29 is 0 Å². The summed E-state index contributed by atoms with van der Waals surface area (Å²) in [6, 6.07) is 12.6. The Morgan fingerprint density at radius 1 is 1.12 bits per heavy atom. The molecule has 1 nitrogen and oxygen atoms in total. The van der Waals surface area contributed by atoms with Gasteiger partial charge in [0.1, 0.15) is 0 Å². The zero-order valence-electron chi connectivity index (χ0n) is 10.2. The van der Waals surface area contributed by atoms with E-state index >= 15 is 0 Å². The molecule has 0 heterocycles. The molecule has 2 heteroatoms. The van der Waals surface area contributed by atoms with Gasteiger partial charge in [-0.25, -0.2) is 0 Å². The minimum atomic E-state index is 0.649. The first-order valence-electron chi connectivity index (χ1n) is 5.85. The van der Waals surface area contributed by atoms with Crippen molar-refractivity contribution in [3.63, 3.8) is 0 Å². The molecule has 0 fully saturated rings. The minimum Gasteiger partial charge on any atom is -0.308 e. The van der Waals surface area contributed by atoms with E-state index in [0.29, 0.717) is 5.25 Å². The van der Waals surface area contributed by atoms with Crippen LogP contribution in [-0.2, 0) is 5.75 Å². The summed E-state index contributed by atoms with van der Waals surface area (Å²) in [7, 11) is 0. The maximum Gasteiger partial charge on any atom is 0.0256 e. The monoisotopic (exact) mass is 243 g/mol. The average Bonchev–Trinajstić information content (AvgIpc) is 2.35. The SMILES string of the molecule is CC(C)SCc1ccc(C=N)c2ccccc12. The highest BCUT2D eigenvalue weighted by molar-refractivity contribution is 7.99. The molecule has 0 atom stereocenters. The summed E-state index contributed by atoms with van der Waals surface area (Å²) >= 11 is 1.96. The predicted octanol–water partition coefficient (Wildman–Crippen LogP) is 4.48. The number of hydrogen-bond donors (Lipinski definition) is 1. The standard InChI is InChI=1S/C15H17NS/c1-11(2)17-10-13-8-7-12(9-16)14-5-3-4-6-15(13)14/h3-9,11,16H,10H2,1-2H3. The second-order valence-corrected chi connectivity index (χ2v) is 5.93. The lowest BCUT2D eigenvalue weighted by Crippen LogP contribution is -1.92. The predicted molar refractivity (Wildman–Crippen MR) is 78.3 cm³/mol. The van der Waals surface area contributed by atoms with E-state index in [9.17, 15) is 0 Å².